The van der Waals surface area contributed by atoms with E-state index in [0.29, 0.717) is 5.69 Å². The fourth-order valence-electron chi connectivity index (χ4n) is 1.55. The first-order valence-corrected chi connectivity index (χ1v) is 5.35. The summed E-state index contributed by atoms with van der Waals surface area (Å²) in [5.74, 6) is -0.253. The van der Waals surface area contributed by atoms with Crippen molar-refractivity contribution in [1.82, 2.24) is 0 Å². The highest BCUT2D eigenvalue weighted by molar-refractivity contribution is 5.78. The Labute approximate surface area is 96.0 Å². The normalized spacial score (nSPS) is 9.88. The van der Waals surface area contributed by atoms with Gasteiger partial charge in [0, 0.05) is 6.54 Å². The monoisotopic (exact) mass is 222 g/mol. The first kappa shape index (κ1) is 12.4. The molecule has 0 unspecified atom stereocenters. The largest absolute Gasteiger partial charge is 0.468 e. The standard InChI is InChI=1S/C12H18N2O2/c1-3-8-14(9-12(15)16-2)11-7-5-4-6-10(11)13/h4-7H,3,8-9,13H2,1-2H3. The van der Waals surface area contributed by atoms with Crippen molar-refractivity contribution in [2.24, 2.45) is 0 Å². The lowest BCUT2D eigenvalue weighted by atomic mass is 10.2. The summed E-state index contributed by atoms with van der Waals surface area (Å²) in [6.07, 6.45) is 0.950. The van der Waals surface area contributed by atoms with Gasteiger partial charge in [-0.05, 0) is 18.6 Å². The Morgan fingerprint density at radius 1 is 1.44 bits per heavy atom. The second-order valence-electron chi connectivity index (χ2n) is 3.56. The summed E-state index contributed by atoms with van der Waals surface area (Å²) < 4.78 is 4.67. The van der Waals surface area contributed by atoms with Crippen molar-refractivity contribution in [3.05, 3.63) is 24.3 Å². The van der Waals surface area contributed by atoms with Crippen LogP contribution in [0.1, 0.15) is 13.3 Å². The number of hydrogen-bond donors (Lipinski definition) is 1. The molecular formula is C12H18N2O2. The van der Waals surface area contributed by atoms with E-state index in [1.165, 1.54) is 7.11 Å². The molecule has 88 valence electrons. The number of nitrogens with two attached hydrogens (primary N) is 1. The summed E-state index contributed by atoms with van der Waals surface area (Å²) in [4.78, 5) is 13.2. The molecule has 0 aliphatic heterocycles. The van der Waals surface area contributed by atoms with Crippen molar-refractivity contribution in [3.63, 3.8) is 0 Å². The molecule has 0 aliphatic carbocycles. The van der Waals surface area contributed by atoms with Crippen LogP contribution in [0.5, 0.6) is 0 Å². The van der Waals surface area contributed by atoms with Crippen molar-refractivity contribution in [3.8, 4) is 0 Å². The highest BCUT2D eigenvalue weighted by Crippen LogP contribution is 2.22. The number of benzene rings is 1. The molecule has 0 aromatic heterocycles. The summed E-state index contributed by atoms with van der Waals surface area (Å²) in [5.41, 5.74) is 7.44. The van der Waals surface area contributed by atoms with E-state index in [4.69, 9.17) is 5.73 Å². The summed E-state index contributed by atoms with van der Waals surface area (Å²) in [6.45, 7) is 3.07. The third kappa shape index (κ3) is 3.15. The van der Waals surface area contributed by atoms with Crippen molar-refractivity contribution in [2.45, 2.75) is 13.3 Å². The Balaban J connectivity index is 2.85. The van der Waals surface area contributed by atoms with Crippen molar-refractivity contribution in [1.29, 1.82) is 0 Å². The van der Waals surface area contributed by atoms with E-state index in [-0.39, 0.29) is 12.5 Å². The fraction of sp³-hybridized carbons (Fsp3) is 0.417. The average Bonchev–Trinajstić information content (AvgIpc) is 2.29. The van der Waals surface area contributed by atoms with Gasteiger partial charge in [-0.15, -0.1) is 0 Å². The van der Waals surface area contributed by atoms with Gasteiger partial charge in [0.15, 0.2) is 0 Å². The van der Waals surface area contributed by atoms with Crippen LogP contribution in [0, 0.1) is 0 Å². The van der Waals surface area contributed by atoms with Gasteiger partial charge in [-0.2, -0.15) is 0 Å². The first-order valence-electron chi connectivity index (χ1n) is 5.35. The van der Waals surface area contributed by atoms with Crippen LogP contribution in [0.15, 0.2) is 24.3 Å². The number of hydrogen-bond acceptors (Lipinski definition) is 4. The Bertz CT molecular complexity index is 353. The molecule has 1 rings (SSSR count). The first-order chi connectivity index (χ1) is 7.69. The van der Waals surface area contributed by atoms with Crippen LogP contribution >= 0.6 is 0 Å². The zero-order valence-electron chi connectivity index (χ0n) is 9.77. The van der Waals surface area contributed by atoms with Crippen LogP contribution in [0.2, 0.25) is 0 Å². The summed E-state index contributed by atoms with van der Waals surface area (Å²) in [6, 6.07) is 7.52. The smallest absolute Gasteiger partial charge is 0.325 e. The number of carbonyl (C=O) groups excluding carboxylic acids is 1. The van der Waals surface area contributed by atoms with Crippen LogP contribution < -0.4 is 10.6 Å². The highest BCUT2D eigenvalue weighted by Gasteiger charge is 2.12. The van der Waals surface area contributed by atoms with Gasteiger partial charge in [0.25, 0.3) is 0 Å². The molecule has 4 nitrogen and oxygen atoms in total. The minimum atomic E-state index is -0.253. The number of esters is 1. The second kappa shape index (κ2) is 6.00. The van der Waals surface area contributed by atoms with Crippen LogP contribution in [0.25, 0.3) is 0 Å². The van der Waals surface area contributed by atoms with E-state index in [1.54, 1.807) is 0 Å². The number of para-hydroxylation sites is 2. The maximum absolute atomic E-state index is 11.3. The summed E-state index contributed by atoms with van der Waals surface area (Å²) >= 11 is 0. The van der Waals surface area contributed by atoms with Gasteiger partial charge in [-0.3, -0.25) is 4.79 Å². The number of nitrogen functional groups attached to an aromatic ring is 1. The van der Waals surface area contributed by atoms with Crippen molar-refractivity contribution >= 4 is 17.3 Å². The fourth-order valence-corrected chi connectivity index (χ4v) is 1.55. The van der Waals surface area contributed by atoms with Crippen LogP contribution in [0.3, 0.4) is 0 Å². The zero-order chi connectivity index (χ0) is 12.0. The predicted molar refractivity (Wildman–Crippen MR) is 65.4 cm³/mol. The van der Waals surface area contributed by atoms with Gasteiger partial charge >= 0.3 is 5.97 Å². The third-order valence-electron chi connectivity index (χ3n) is 2.32. The molecule has 2 N–H and O–H groups in total. The molecular weight excluding hydrogens is 204 g/mol. The Morgan fingerprint density at radius 3 is 2.69 bits per heavy atom. The molecule has 0 saturated carbocycles. The summed E-state index contributed by atoms with van der Waals surface area (Å²) in [5, 5.41) is 0. The average molecular weight is 222 g/mol. The number of nitrogens with zero attached hydrogens (tertiary/aromatic N) is 1. The SMILES string of the molecule is CCCN(CC(=O)OC)c1ccccc1N. The quantitative estimate of drug-likeness (QED) is 0.608. The number of rotatable bonds is 5. The van der Waals surface area contributed by atoms with E-state index < -0.39 is 0 Å². The molecule has 0 spiro atoms. The number of methoxy groups -OCH3 is 1. The molecule has 0 radical (unpaired) electrons. The minimum absolute atomic E-state index is 0.235. The highest BCUT2D eigenvalue weighted by atomic mass is 16.5. The molecule has 0 aliphatic rings. The molecule has 4 heteroatoms. The number of carbonyl (C=O) groups is 1. The molecule has 0 saturated heterocycles. The van der Waals surface area contributed by atoms with E-state index in [2.05, 4.69) is 11.7 Å². The van der Waals surface area contributed by atoms with Crippen molar-refractivity contribution < 1.29 is 9.53 Å². The molecule has 0 heterocycles. The van der Waals surface area contributed by atoms with Crippen LogP contribution in [0.4, 0.5) is 11.4 Å². The van der Waals surface area contributed by atoms with Gasteiger partial charge in [-0.25, -0.2) is 0 Å². The van der Waals surface area contributed by atoms with Gasteiger partial charge in [0.05, 0.1) is 18.5 Å². The van der Waals surface area contributed by atoms with E-state index in [0.717, 1.165) is 18.7 Å². The molecule has 1 aromatic carbocycles. The van der Waals surface area contributed by atoms with Gasteiger partial charge in [0.1, 0.15) is 6.54 Å². The Kier molecular flexibility index (Phi) is 4.64. The predicted octanol–water partition coefficient (Wildman–Crippen LogP) is 1.66. The maximum atomic E-state index is 11.3. The lowest BCUT2D eigenvalue weighted by Crippen LogP contribution is -2.31. The summed E-state index contributed by atoms with van der Waals surface area (Å²) in [7, 11) is 1.39. The molecule has 1 aromatic rings. The Hall–Kier alpha value is -1.71. The lowest BCUT2D eigenvalue weighted by molar-refractivity contribution is -0.138. The number of anilines is 2. The van der Waals surface area contributed by atoms with Crippen LogP contribution in [-0.4, -0.2) is 26.2 Å². The Morgan fingerprint density at radius 2 is 2.12 bits per heavy atom. The van der Waals surface area contributed by atoms with Gasteiger partial charge in [0.2, 0.25) is 0 Å². The second-order valence-corrected chi connectivity index (χ2v) is 3.56. The molecule has 0 bridgehead atoms. The van der Waals surface area contributed by atoms with E-state index >= 15 is 0 Å². The lowest BCUT2D eigenvalue weighted by Gasteiger charge is -2.24. The van der Waals surface area contributed by atoms with Gasteiger partial charge < -0.3 is 15.4 Å². The molecule has 0 atom stereocenters. The molecule has 16 heavy (non-hydrogen) atoms. The number of ether oxygens (including phenoxy) is 1. The molecule has 0 amide bonds. The van der Waals surface area contributed by atoms with Crippen LogP contribution in [-0.2, 0) is 9.53 Å². The van der Waals surface area contributed by atoms with Crippen molar-refractivity contribution in [2.75, 3.05) is 30.8 Å². The van der Waals surface area contributed by atoms with E-state index in [1.807, 2.05) is 29.2 Å². The van der Waals surface area contributed by atoms with E-state index in [9.17, 15) is 4.79 Å². The zero-order valence-corrected chi connectivity index (χ0v) is 9.77. The minimum Gasteiger partial charge on any atom is -0.468 e. The third-order valence-corrected chi connectivity index (χ3v) is 2.32. The maximum Gasteiger partial charge on any atom is 0.325 e. The van der Waals surface area contributed by atoms with Gasteiger partial charge in [-0.1, -0.05) is 19.1 Å². The molecule has 0 fully saturated rings. The topological polar surface area (TPSA) is 55.6 Å².